The first-order chi connectivity index (χ1) is 19.3. The third-order valence-electron chi connectivity index (χ3n) is 7.47. The number of benzene rings is 4. The quantitative estimate of drug-likeness (QED) is 0.231. The molecule has 0 amide bonds. The lowest BCUT2D eigenvalue weighted by Gasteiger charge is -2.28. The van der Waals surface area contributed by atoms with Crippen LogP contribution in [-0.4, -0.2) is 19.2 Å². The van der Waals surface area contributed by atoms with Crippen LogP contribution in [0.25, 0.3) is 21.5 Å². The van der Waals surface area contributed by atoms with Gasteiger partial charge in [-0.2, -0.15) is 0 Å². The summed E-state index contributed by atoms with van der Waals surface area (Å²) in [6, 6.07) is 40.1. The third kappa shape index (κ3) is 6.26. The second kappa shape index (κ2) is 10.9. The monoisotopic (exact) mass is 556 g/mol. The molecule has 0 aromatic heterocycles. The Kier molecular flexibility index (Phi) is 7.61. The normalized spacial score (nSPS) is 15.3. The van der Waals surface area contributed by atoms with Gasteiger partial charge in [0.2, 0.25) is 0 Å². The molecule has 1 heterocycles. The summed E-state index contributed by atoms with van der Waals surface area (Å²) in [6.45, 7) is 18.4. The van der Waals surface area contributed by atoms with Crippen LogP contribution in [0.2, 0.25) is 13.1 Å². The van der Waals surface area contributed by atoms with Gasteiger partial charge in [-0.3, -0.25) is 0 Å². The number of hydrogen-bond donors (Lipinski definition) is 2. The van der Waals surface area contributed by atoms with Gasteiger partial charge in [0.1, 0.15) is 8.07 Å². The molecule has 0 fully saturated rings. The molecular formula is C38H44N2Si. The van der Waals surface area contributed by atoms with E-state index in [1.165, 1.54) is 43.8 Å². The molecule has 41 heavy (non-hydrogen) atoms. The standard InChI is InChI=1S/C38H44N2Si/c1-37(2,3)39-31-23-15-21-29(25-31)35-33(27-17-11-9-12-18-27)34(28-19-13-10-14-20-28)36(41(35,7)8)30-22-16-24-32(26-30)40-38(4,5)6/h9-26,39-40H,1-8H3. The van der Waals surface area contributed by atoms with Crippen LogP contribution in [-0.2, 0) is 0 Å². The Labute approximate surface area is 248 Å². The molecule has 0 bridgehead atoms. The summed E-state index contributed by atoms with van der Waals surface area (Å²) in [5.41, 5.74) is 10.2. The van der Waals surface area contributed by atoms with Gasteiger partial charge in [0.25, 0.3) is 0 Å². The molecule has 4 aromatic rings. The minimum absolute atomic E-state index is 0.0169. The van der Waals surface area contributed by atoms with E-state index in [1.54, 1.807) is 0 Å². The first kappa shape index (κ1) is 28.7. The molecule has 1 aliphatic heterocycles. The van der Waals surface area contributed by atoms with Crippen molar-refractivity contribution in [3.05, 3.63) is 131 Å². The lowest BCUT2D eigenvalue weighted by atomic mass is 9.89. The Morgan fingerprint density at radius 2 is 0.780 bits per heavy atom. The second-order valence-corrected chi connectivity index (χ2v) is 18.0. The minimum atomic E-state index is -2.23. The number of anilines is 2. The fourth-order valence-electron chi connectivity index (χ4n) is 6.17. The smallest absolute Gasteiger partial charge is 0.115 e. The maximum absolute atomic E-state index is 3.71. The molecule has 4 aromatic carbocycles. The molecule has 0 spiro atoms. The highest BCUT2D eigenvalue weighted by atomic mass is 28.3. The summed E-state index contributed by atoms with van der Waals surface area (Å²) in [7, 11) is -2.23. The molecule has 1 aliphatic rings. The molecule has 210 valence electrons. The van der Waals surface area contributed by atoms with Crippen molar-refractivity contribution in [2.75, 3.05) is 10.6 Å². The first-order valence-electron chi connectivity index (χ1n) is 14.7. The van der Waals surface area contributed by atoms with Crippen LogP contribution in [0, 0.1) is 0 Å². The van der Waals surface area contributed by atoms with E-state index in [0.717, 1.165) is 11.4 Å². The molecule has 0 saturated carbocycles. The van der Waals surface area contributed by atoms with Gasteiger partial charge in [-0.25, -0.2) is 0 Å². The van der Waals surface area contributed by atoms with Gasteiger partial charge in [-0.1, -0.05) is 98.0 Å². The Balaban J connectivity index is 1.82. The first-order valence-corrected chi connectivity index (χ1v) is 17.7. The molecular weight excluding hydrogens is 513 g/mol. The second-order valence-electron chi connectivity index (χ2n) is 13.8. The van der Waals surface area contributed by atoms with Crippen LogP contribution >= 0.6 is 0 Å². The van der Waals surface area contributed by atoms with E-state index < -0.39 is 8.07 Å². The van der Waals surface area contributed by atoms with Crippen LogP contribution < -0.4 is 10.6 Å². The Morgan fingerprint density at radius 1 is 0.439 bits per heavy atom. The van der Waals surface area contributed by atoms with Crippen molar-refractivity contribution < 1.29 is 0 Å². The lowest BCUT2D eigenvalue weighted by Crippen LogP contribution is -2.29. The summed E-state index contributed by atoms with van der Waals surface area (Å²) < 4.78 is 0. The highest BCUT2D eigenvalue weighted by Gasteiger charge is 2.43. The van der Waals surface area contributed by atoms with Crippen molar-refractivity contribution in [2.45, 2.75) is 65.7 Å². The van der Waals surface area contributed by atoms with Crippen LogP contribution in [0.5, 0.6) is 0 Å². The predicted octanol–water partition coefficient (Wildman–Crippen LogP) is 10.4. The van der Waals surface area contributed by atoms with Gasteiger partial charge in [0.15, 0.2) is 0 Å². The van der Waals surface area contributed by atoms with Crippen molar-refractivity contribution in [3.8, 4) is 0 Å². The molecule has 0 radical (unpaired) electrons. The zero-order chi connectivity index (χ0) is 29.4. The highest BCUT2D eigenvalue weighted by Crippen LogP contribution is 2.55. The maximum Gasteiger partial charge on any atom is 0.115 e. The zero-order valence-electron chi connectivity index (χ0n) is 25.9. The minimum Gasteiger partial charge on any atom is -0.380 e. The molecule has 2 N–H and O–H groups in total. The SMILES string of the molecule is CC(C)(C)Nc1cccc(C2=C(c3ccccc3)C(c3ccccc3)=C(c3cccc(NC(C)(C)C)c3)[Si]2(C)C)c1. The molecule has 0 saturated heterocycles. The van der Waals surface area contributed by atoms with E-state index in [9.17, 15) is 0 Å². The molecule has 0 atom stereocenters. The summed E-state index contributed by atoms with van der Waals surface area (Å²) in [5, 5.41) is 10.4. The Bertz CT molecular complexity index is 1480. The Morgan fingerprint density at radius 3 is 1.12 bits per heavy atom. The van der Waals surface area contributed by atoms with Gasteiger partial charge in [-0.05, 0) is 110 Å². The third-order valence-corrected chi connectivity index (χ3v) is 11.0. The lowest BCUT2D eigenvalue weighted by molar-refractivity contribution is 0.633. The van der Waals surface area contributed by atoms with Gasteiger partial charge < -0.3 is 10.6 Å². The average Bonchev–Trinajstić information content (AvgIpc) is 3.15. The van der Waals surface area contributed by atoms with Crippen LogP contribution in [0.1, 0.15) is 63.8 Å². The number of nitrogens with one attached hydrogen (secondary N) is 2. The van der Waals surface area contributed by atoms with Crippen LogP contribution in [0.3, 0.4) is 0 Å². The summed E-state index contributed by atoms with van der Waals surface area (Å²) in [4.78, 5) is 0. The number of allylic oxidation sites excluding steroid dienone is 2. The van der Waals surface area contributed by atoms with E-state index in [2.05, 4.69) is 174 Å². The van der Waals surface area contributed by atoms with Gasteiger partial charge in [0, 0.05) is 22.5 Å². The van der Waals surface area contributed by atoms with Crippen molar-refractivity contribution in [1.29, 1.82) is 0 Å². The summed E-state index contributed by atoms with van der Waals surface area (Å²) >= 11 is 0. The molecule has 0 unspecified atom stereocenters. The fraction of sp³-hybridized carbons (Fsp3) is 0.263. The maximum atomic E-state index is 3.71. The highest BCUT2D eigenvalue weighted by molar-refractivity contribution is 7.13. The van der Waals surface area contributed by atoms with E-state index in [0.29, 0.717) is 0 Å². The van der Waals surface area contributed by atoms with E-state index in [4.69, 9.17) is 0 Å². The van der Waals surface area contributed by atoms with Crippen LogP contribution in [0.15, 0.2) is 109 Å². The fourth-order valence-corrected chi connectivity index (χ4v) is 9.96. The van der Waals surface area contributed by atoms with Crippen molar-refractivity contribution in [2.24, 2.45) is 0 Å². The van der Waals surface area contributed by atoms with Crippen molar-refractivity contribution in [3.63, 3.8) is 0 Å². The van der Waals surface area contributed by atoms with Gasteiger partial charge >= 0.3 is 0 Å². The molecule has 2 nitrogen and oxygen atoms in total. The largest absolute Gasteiger partial charge is 0.380 e. The summed E-state index contributed by atoms with van der Waals surface area (Å²) in [6.07, 6.45) is 0. The van der Waals surface area contributed by atoms with Gasteiger partial charge in [0.05, 0.1) is 0 Å². The van der Waals surface area contributed by atoms with Crippen molar-refractivity contribution >= 4 is 41.0 Å². The number of hydrogen-bond acceptors (Lipinski definition) is 2. The van der Waals surface area contributed by atoms with E-state index in [1.807, 2.05) is 0 Å². The molecule has 5 rings (SSSR count). The average molecular weight is 557 g/mol. The summed E-state index contributed by atoms with van der Waals surface area (Å²) in [5.74, 6) is 0. The molecule has 3 heteroatoms. The van der Waals surface area contributed by atoms with E-state index in [-0.39, 0.29) is 11.1 Å². The molecule has 0 aliphatic carbocycles. The predicted molar refractivity (Wildman–Crippen MR) is 184 cm³/mol. The topological polar surface area (TPSA) is 24.1 Å². The number of rotatable bonds is 6. The van der Waals surface area contributed by atoms with E-state index >= 15 is 0 Å². The zero-order valence-corrected chi connectivity index (χ0v) is 26.9. The van der Waals surface area contributed by atoms with Gasteiger partial charge in [-0.15, -0.1) is 0 Å². The Hall–Kier alpha value is -3.82. The van der Waals surface area contributed by atoms with Crippen molar-refractivity contribution in [1.82, 2.24) is 0 Å². The van der Waals surface area contributed by atoms with Crippen LogP contribution in [0.4, 0.5) is 11.4 Å².